The van der Waals surface area contributed by atoms with Crippen LogP contribution in [-0.4, -0.2) is 22.0 Å². The molecule has 0 fully saturated rings. The normalized spacial score (nSPS) is 10.5. The zero-order valence-electron chi connectivity index (χ0n) is 4.39. The van der Waals surface area contributed by atoms with Crippen molar-refractivity contribution in [3.05, 3.63) is 20.2 Å². The van der Waals surface area contributed by atoms with Gasteiger partial charge >= 0.3 is 12.2 Å². The van der Waals surface area contributed by atoms with Crippen LogP contribution in [0.5, 0.6) is 0 Å². The Balaban J connectivity index is 4.72. The van der Waals surface area contributed by atoms with Crippen LogP contribution in [0.25, 0.3) is 0 Å². The van der Waals surface area contributed by atoms with Crippen LogP contribution in [0.15, 0.2) is 0 Å². The standard InChI is InChI=1S/C2HFN2O5/c3-2(1-6,4(7)8)5(9)10/h1H. The summed E-state index contributed by atoms with van der Waals surface area (Å²) in [6.07, 6.45) is -0.979. The lowest BCUT2D eigenvalue weighted by Crippen LogP contribution is -2.43. The van der Waals surface area contributed by atoms with Gasteiger partial charge in [-0.3, -0.25) is 25.0 Å². The van der Waals surface area contributed by atoms with E-state index in [1.807, 2.05) is 0 Å². The largest absolute Gasteiger partial charge is 0.673 e. The van der Waals surface area contributed by atoms with Gasteiger partial charge in [0.2, 0.25) is 0 Å². The Labute approximate surface area is 52.7 Å². The van der Waals surface area contributed by atoms with E-state index in [9.17, 15) is 29.4 Å². The number of nitrogens with zero attached hydrogens (tertiary/aromatic N) is 2. The lowest BCUT2D eigenvalue weighted by Gasteiger charge is -1.97. The number of hydrogen-bond donors (Lipinski definition) is 0. The first-order chi connectivity index (χ1) is 4.45. The summed E-state index contributed by atoms with van der Waals surface area (Å²) in [5.41, 5.74) is 0. The number of rotatable bonds is 3. The van der Waals surface area contributed by atoms with Crippen molar-refractivity contribution in [3.8, 4) is 0 Å². The molecule has 0 spiro atoms. The number of carbonyl (C=O) groups is 1. The Morgan fingerprint density at radius 3 is 1.60 bits per heavy atom. The quantitative estimate of drug-likeness (QED) is 0.176. The van der Waals surface area contributed by atoms with Crippen LogP contribution in [-0.2, 0) is 4.79 Å². The Hall–Kier alpha value is -1.60. The van der Waals surface area contributed by atoms with E-state index in [-0.39, 0.29) is 0 Å². The molecular weight excluding hydrogens is 151 g/mol. The molecule has 0 saturated carbocycles. The van der Waals surface area contributed by atoms with Crippen LogP contribution in [0, 0.1) is 20.2 Å². The molecule has 0 bridgehead atoms. The van der Waals surface area contributed by atoms with Gasteiger partial charge < -0.3 is 0 Å². The summed E-state index contributed by atoms with van der Waals surface area (Å²) >= 11 is 0. The van der Waals surface area contributed by atoms with Crippen LogP contribution in [0.4, 0.5) is 4.39 Å². The molecule has 0 heterocycles. The Kier molecular flexibility index (Phi) is 1.96. The Morgan fingerprint density at radius 1 is 1.30 bits per heavy atom. The Morgan fingerprint density at radius 2 is 1.60 bits per heavy atom. The number of aldehydes is 1. The summed E-state index contributed by atoms with van der Waals surface area (Å²) in [6, 6.07) is 0. The third-order valence-electron chi connectivity index (χ3n) is 0.662. The average Bonchev–Trinajstić information content (AvgIpc) is 1.85. The van der Waals surface area contributed by atoms with Crippen LogP contribution in [0.2, 0.25) is 0 Å². The summed E-state index contributed by atoms with van der Waals surface area (Å²) in [7, 11) is 0. The van der Waals surface area contributed by atoms with Gasteiger partial charge in [0.15, 0.2) is 0 Å². The molecule has 0 aromatic carbocycles. The van der Waals surface area contributed by atoms with Crippen molar-refractivity contribution in [1.82, 2.24) is 0 Å². The van der Waals surface area contributed by atoms with Crippen molar-refractivity contribution in [3.63, 3.8) is 0 Å². The number of halogens is 1. The molecule has 0 aromatic heterocycles. The number of carbonyl (C=O) groups excluding carboxylic acids is 1. The first-order valence-electron chi connectivity index (χ1n) is 1.89. The molecule has 0 unspecified atom stereocenters. The lowest BCUT2D eigenvalue weighted by molar-refractivity contribution is -0.806. The average molecular weight is 152 g/mol. The zero-order valence-corrected chi connectivity index (χ0v) is 4.39. The first-order valence-corrected chi connectivity index (χ1v) is 1.89. The van der Waals surface area contributed by atoms with Gasteiger partial charge in [0.1, 0.15) is 9.85 Å². The topological polar surface area (TPSA) is 103 Å². The van der Waals surface area contributed by atoms with Gasteiger partial charge in [-0.25, -0.2) is 0 Å². The highest BCUT2D eigenvalue weighted by Gasteiger charge is 2.58. The SMILES string of the molecule is O=CC(F)([N+](=O)[O-])[N+](=O)[O-]. The van der Waals surface area contributed by atoms with Gasteiger partial charge in [0.25, 0.3) is 0 Å². The second kappa shape index (κ2) is 2.33. The minimum atomic E-state index is -4.19. The summed E-state index contributed by atoms with van der Waals surface area (Å²) in [5, 5.41) is 18.9. The minimum Gasteiger partial charge on any atom is -0.283 e. The maximum Gasteiger partial charge on any atom is 0.673 e. The van der Waals surface area contributed by atoms with Crippen molar-refractivity contribution < 1.29 is 19.0 Å². The van der Waals surface area contributed by atoms with Crippen molar-refractivity contribution in [2.45, 2.75) is 5.92 Å². The van der Waals surface area contributed by atoms with Crippen LogP contribution >= 0.6 is 0 Å². The third-order valence-corrected chi connectivity index (χ3v) is 0.662. The van der Waals surface area contributed by atoms with Crippen molar-refractivity contribution >= 4 is 6.29 Å². The summed E-state index contributed by atoms with van der Waals surface area (Å²) < 4.78 is 12.0. The maximum absolute atomic E-state index is 12.0. The van der Waals surface area contributed by atoms with E-state index in [0.29, 0.717) is 0 Å². The van der Waals surface area contributed by atoms with E-state index < -0.39 is 22.0 Å². The van der Waals surface area contributed by atoms with E-state index >= 15 is 0 Å². The molecule has 0 aliphatic carbocycles. The molecule has 0 atom stereocenters. The van der Waals surface area contributed by atoms with E-state index in [1.54, 1.807) is 0 Å². The zero-order chi connectivity index (χ0) is 8.36. The molecule has 0 radical (unpaired) electrons. The summed E-state index contributed by atoms with van der Waals surface area (Å²) in [6.45, 7) is 0. The monoisotopic (exact) mass is 152 g/mol. The fraction of sp³-hybridized carbons (Fsp3) is 0.500. The predicted octanol–water partition coefficient (Wildman–Crippen LogP) is -0.638. The highest BCUT2D eigenvalue weighted by atomic mass is 19.2. The summed E-state index contributed by atoms with van der Waals surface area (Å²) in [4.78, 5) is 24.5. The van der Waals surface area contributed by atoms with Gasteiger partial charge in [-0.15, -0.1) is 0 Å². The molecule has 0 aliphatic rings. The van der Waals surface area contributed by atoms with E-state index in [1.165, 1.54) is 0 Å². The second-order valence-electron chi connectivity index (χ2n) is 1.27. The molecule has 0 aromatic rings. The van der Waals surface area contributed by atoms with Crippen molar-refractivity contribution in [2.24, 2.45) is 0 Å². The Bertz CT molecular complexity index is 176. The predicted molar refractivity (Wildman–Crippen MR) is 23.9 cm³/mol. The van der Waals surface area contributed by atoms with Crippen LogP contribution in [0.1, 0.15) is 0 Å². The molecular formula is C2HFN2O5. The van der Waals surface area contributed by atoms with Gasteiger partial charge in [0, 0.05) is 0 Å². The molecule has 10 heavy (non-hydrogen) atoms. The fourth-order valence-electron chi connectivity index (χ4n) is 0.153. The minimum absolute atomic E-state index is 0.979. The second-order valence-corrected chi connectivity index (χ2v) is 1.27. The molecule has 0 aliphatic heterocycles. The first kappa shape index (κ1) is 8.40. The molecule has 0 N–H and O–H groups in total. The number of nitro groups is 2. The van der Waals surface area contributed by atoms with Crippen molar-refractivity contribution in [1.29, 1.82) is 0 Å². The lowest BCUT2D eigenvalue weighted by atomic mass is 10.5. The van der Waals surface area contributed by atoms with Crippen LogP contribution in [0.3, 0.4) is 0 Å². The van der Waals surface area contributed by atoms with Crippen molar-refractivity contribution in [2.75, 3.05) is 0 Å². The molecule has 0 amide bonds. The van der Waals surface area contributed by atoms with E-state index in [2.05, 4.69) is 0 Å². The van der Waals surface area contributed by atoms with Crippen LogP contribution < -0.4 is 0 Å². The third kappa shape index (κ3) is 1.04. The van der Waals surface area contributed by atoms with Gasteiger partial charge in [0.05, 0.1) is 0 Å². The molecule has 0 saturated heterocycles. The van der Waals surface area contributed by atoms with E-state index in [4.69, 9.17) is 0 Å². The molecule has 7 nitrogen and oxygen atoms in total. The molecule has 0 rings (SSSR count). The highest BCUT2D eigenvalue weighted by molar-refractivity contribution is 5.56. The van der Waals surface area contributed by atoms with Gasteiger partial charge in [-0.05, 0) is 0 Å². The highest BCUT2D eigenvalue weighted by Crippen LogP contribution is 2.07. The summed E-state index contributed by atoms with van der Waals surface area (Å²) in [5.74, 6) is -4.19. The smallest absolute Gasteiger partial charge is 0.283 e. The number of alkyl halides is 1. The van der Waals surface area contributed by atoms with Gasteiger partial charge in [-0.1, -0.05) is 4.39 Å². The van der Waals surface area contributed by atoms with E-state index in [0.717, 1.165) is 0 Å². The van der Waals surface area contributed by atoms with Gasteiger partial charge in [-0.2, -0.15) is 0 Å². The number of hydrogen-bond acceptors (Lipinski definition) is 5. The molecule has 56 valence electrons. The molecule has 8 heteroatoms. The maximum atomic E-state index is 12.0. The fourth-order valence-corrected chi connectivity index (χ4v) is 0.153.